The number of anilines is 2. The topological polar surface area (TPSA) is 61.8 Å². The minimum atomic E-state index is 0.147. The second-order valence-electron chi connectivity index (χ2n) is 7.13. The lowest BCUT2D eigenvalue weighted by atomic mass is 9.95. The lowest BCUT2D eigenvalue weighted by Gasteiger charge is -2.36. The smallest absolute Gasteiger partial charge is 0.225 e. The zero-order valence-corrected chi connectivity index (χ0v) is 14.8. The molecular formula is C18H27N5O2. The molecular weight excluding hydrogens is 318 g/mol. The van der Waals surface area contributed by atoms with Crippen LogP contribution in [-0.2, 0) is 9.53 Å². The summed E-state index contributed by atoms with van der Waals surface area (Å²) < 4.78 is 5.35. The van der Waals surface area contributed by atoms with Crippen LogP contribution in [0.4, 0.5) is 11.6 Å². The van der Waals surface area contributed by atoms with Crippen molar-refractivity contribution < 1.29 is 9.53 Å². The minimum absolute atomic E-state index is 0.147. The maximum absolute atomic E-state index is 12.6. The van der Waals surface area contributed by atoms with Gasteiger partial charge in [-0.25, -0.2) is 9.97 Å². The molecule has 0 N–H and O–H groups in total. The zero-order valence-electron chi connectivity index (χ0n) is 14.8. The largest absolute Gasteiger partial charge is 0.378 e. The van der Waals surface area contributed by atoms with Crippen LogP contribution in [0.1, 0.15) is 25.7 Å². The fraction of sp³-hybridized carbons (Fsp3) is 0.722. The van der Waals surface area contributed by atoms with Crippen molar-refractivity contribution in [3.63, 3.8) is 0 Å². The molecule has 3 fully saturated rings. The Morgan fingerprint density at radius 2 is 1.52 bits per heavy atom. The summed E-state index contributed by atoms with van der Waals surface area (Å²) in [6.07, 6.45) is 5.97. The van der Waals surface area contributed by atoms with Gasteiger partial charge in [0.05, 0.1) is 13.2 Å². The number of carbonyl (C=O) groups is 1. The molecule has 0 aromatic carbocycles. The molecule has 0 bridgehead atoms. The van der Waals surface area contributed by atoms with E-state index < -0.39 is 0 Å². The first-order valence-electron chi connectivity index (χ1n) is 9.50. The highest BCUT2D eigenvalue weighted by Crippen LogP contribution is 2.26. The number of nitrogens with zero attached hydrogens (tertiary/aromatic N) is 5. The van der Waals surface area contributed by atoms with E-state index in [-0.39, 0.29) is 5.92 Å². The Labute approximate surface area is 149 Å². The SMILES string of the molecule is O=C(C1CCN(c2cc(N3CCCC3)ncn2)CC1)N1CCOCC1. The average molecular weight is 345 g/mol. The van der Waals surface area contributed by atoms with E-state index >= 15 is 0 Å². The van der Waals surface area contributed by atoms with Gasteiger partial charge in [-0.1, -0.05) is 0 Å². The monoisotopic (exact) mass is 345 g/mol. The molecule has 4 rings (SSSR count). The van der Waals surface area contributed by atoms with Crippen LogP contribution >= 0.6 is 0 Å². The molecule has 1 aromatic heterocycles. The molecule has 3 saturated heterocycles. The van der Waals surface area contributed by atoms with Gasteiger partial charge in [-0.05, 0) is 25.7 Å². The van der Waals surface area contributed by atoms with Gasteiger partial charge in [0.25, 0.3) is 0 Å². The van der Waals surface area contributed by atoms with E-state index in [0.717, 1.165) is 63.7 Å². The summed E-state index contributed by atoms with van der Waals surface area (Å²) >= 11 is 0. The van der Waals surface area contributed by atoms with E-state index in [2.05, 4.69) is 25.8 Å². The van der Waals surface area contributed by atoms with Crippen LogP contribution in [0.3, 0.4) is 0 Å². The molecule has 136 valence electrons. The molecule has 4 heterocycles. The molecule has 0 aliphatic carbocycles. The fourth-order valence-corrected chi connectivity index (χ4v) is 4.03. The predicted octanol–water partition coefficient (Wildman–Crippen LogP) is 1.15. The van der Waals surface area contributed by atoms with Crippen molar-refractivity contribution in [1.29, 1.82) is 0 Å². The molecule has 0 atom stereocenters. The van der Waals surface area contributed by atoms with E-state index in [1.807, 2.05) is 4.90 Å². The Morgan fingerprint density at radius 3 is 2.16 bits per heavy atom. The van der Waals surface area contributed by atoms with Crippen LogP contribution in [-0.4, -0.2) is 73.3 Å². The molecule has 25 heavy (non-hydrogen) atoms. The second kappa shape index (κ2) is 7.56. The summed E-state index contributed by atoms with van der Waals surface area (Å²) in [6.45, 7) is 6.78. The number of carbonyl (C=O) groups excluding carboxylic acids is 1. The lowest BCUT2D eigenvalue weighted by Crippen LogP contribution is -2.47. The Kier molecular flexibility index (Phi) is 5.01. The van der Waals surface area contributed by atoms with Crippen LogP contribution in [0, 0.1) is 5.92 Å². The van der Waals surface area contributed by atoms with Crippen LogP contribution < -0.4 is 9.80 Å². The first-order valence-corrected chi connectivity index (χ1v) is 9.50. The highest BCUT2D eigenvalue weighted by atomic mass is 16.5. The molecule has 3 aliphatic heterocycles. The third-order valence-corrected chi connectivity index (χ3v) is 5.56. The third-order valence-electron chi connectivity index (χ3n) is 5.56. The molecule has 0 spiro atoms. The van der Waals surface area contributed by atoms with Crippen LogP contribution in [0.15, 0.2) is 12.4 Å². The van der Waals surface area contributed by atoms with Crippen molar-refractivity contribution in [3.8, 4) is 0 Å². The van der Waals surface area contributed by atoms with Crippen LogP contribution in [0.5, 0.6) is 0 Å². The maximum atomic E-state index is 12.6. The van der Waals surface area contributed by atoms with Crippen LogP contribution in [0.25, 0.3) is 0 Å². The standard InChI is InChI=1S/C18H27N5O2/c24-18(23-9-11-25-12-10-23)15-3-7-22(8-4-15)17-13-16(19-14-20-17)21-5-1-2-6-21/h13-15H,1-12H2. The van der Waals surface area contributed by atoms with Crippen molar-refractivity contribution in [2.75, 3.05) is 62.3 Å². The predicted molar refractivity (Wildman–Crippen MR) is 95.8 cm³/mol. The number of rotatable bonds is 3. The minimum Gasteiger partial charge on any atom is -0.378 e. The quantitative estimate of drug-likeness (QED) is 0.819. The third kappa shape index (κ3) is 3.71. The van der Waals surface area contributed by atoms with E-state index in [1.54, 1.807) is 6.33 Å². The van der Waals surface area contributed by atoms with Crippen molar-refractivity contribution >= 4 is 17.5 Å². The summed E-state index contributed by atoms with van der Waals surface area (Å²) in [4.78, 5) is 28.2. The molecule has 0 radical (unpaired) electrons. The van der Waals surface area contributed by atoms with Gasteiger partial charge in [0, 0.05) is 51.3 Å². The molecule has 7 nitrogen and oxygen atoms in total. The van der Waals surface area contributed by atoms with E-state index in [4.69, 9.17) is 4.74 Å². The van der Waals surface area contributed by atoms with Gasteiger partial charge in [0.2, 0.25) is 5.91 Å². The number of ether oxygens (including phenoxy) is 1. The molecule has 0 saturated carbocycles. The summed E-state index contributed by atoms with van der Waals surface area (Å²) in [5.41, 5.74) is 0. The van der Waals surface area contributed by atoms with Gasteiger partial charge in [0.15, 0.2) is 0 Å². The van der Waals surface area contributed by atoms with Crippen molar-refractivity contribution in [2.45, 2.75) is 25.7 Å². The number of hydrogen-bond donors (Lipinski definition) is 0. The van der Waals surface area contributed by atoms with Gasteiger partial charge in [-0.3, -0.25) is 4.79 Å². The van der Waals surface area contributed by atoms with Gasteiger partial charge in [0.1, 0.15) is 18.0 Å². The summed E-state index contributed by atoms with van der Waals surface area (Å²) in [5.74, 6) is 2.49. The number of piperidine rings is 1. The average Bonchev–Trinajstić information content (AvgIpc) is 3.23. The summed E-state index contributed by atoms with van der Waals surface area (Å²) in [6, 6.07) is 2.11. The van der Waals surface area contributed by atoms with Crippen LogP contribution in [0.2, 0.25) is 0 Å². The molecule has 0 unspecified atom stereocenters. The Bertz CT molecular complexity index is 591. The highest BCUT2D eigenvalue weighted by Gasteiger charge is 2.30. The van der Waals surface area contributed by atoms with Crippen molar-refractivity contribution in [1.82, 2.24) is 14.9 Å². The molecule has 1 amide bonds. The number of aromatic nitrogens is 2. The Morgan fingerprint density at radius 1 is 0.920 bits per heavy atom. The van der Waals surface area contributed by atoms with Gasteiger partial charge >= 0.3 is 0 Å². The Balaban J connectivity index is 1.35. The van der Waals surface area contributed by atoms with E-state index in [9.17, 15) is 4.79 Å². The number of hydrogen-bond acceptors (Lipinski definition) is 6. The van der Waals surface area contributed by atoms with E-state index in [0.29, 0.717) is 19.1 Å². The lowest BCUT2D eigenvalue weighted by molar-refractivity contribution is -0.140. The molecule has 1 aromatic rings. The van der Waals surface area contributed by atoms with Gasteiger partial charge in [-0.15, -0.1) is 0 Å². The summed E-state index contributed by atoms with van der Waals surface area (Å²) in [7, 11) is 0. The number of morpholine rings is 1. The zero-order chi connectivity index (χ0) is 17.1. The second-order valence-corrected chi connectivity index (χ2v) is 7.13. The first kappa shape index (κ1) is 16.6. The van der Waals surface area contributed by atoms with Crippen molar-refractivity contribution in [2.24, 2.45) is 5.92 Å². The highest BCUT2D eigenvalue weighted by molar-refractivity contribution is 5.79. The summed E-state index contributed by atoms with van der Waals surface area (Å²) in [5, 5.41) is 0. The normalized spacial score (nSPS) is 22.5. The first-order chi connectivity index (χ1) is 12.3. The van der Waals surface area contributed by atoms with Gasteiger partial charge < -0.3 is 19.4 Å². The van der Waals surface area contributed by atoms with Gasteiger partial charge in [-0.2, -0.15) is 0 Å². The molecule has 3 aliphatic rings. The fourth-order valence-electron chi connectivity index (χ4n) is 4.03. The Hall–Kier alpha value is -1.89. The molecule has 7 heteroatoms. The van der Waals surface area contributed by atoms with Crippen molar-refractivity contribution in [3.05, 3.63) is 12.4 Å². The number of amides is 1. The maximum Gasteiger partial charge on any atom is 0.225 e. The van der Waals surface area contributed by atoms with E-state index in [1.165, 1.54) is 12.8 Å².